The van der Waals surface area contributed by atoms with E-state index in [1.165, 1.54) is 0 Å². The van der Waals surface area contributed by atoms with Gasteiger partial charge in [-0.1, -0.05) is 36.4 Å². The van der Waals surface area contributed by atoms with Crippen molar-refractivity contribution < 1.29 is 9.59 Å². The van der Waals surface area contributed by atoms with Crippen molar-refractivity contribution in [2.45, 2.75) is 19.3 Å². The van der Waals surface area contributed by atoms with Crippen LogP contribution in [0.25, 0.3) is 0 Å². The second kappa shape index (κ2) is 8.58. The summed E-state index contributed by atoms with van der Waals surface area (Å²) in [6, 6.07) is 16.6. The lowest BCUT2D eigenvalue weighted by Crippen LogP contribution is -2.35. The summed E-state index contributed by atoms with van der Waals surface area (Å²) in [6.45, 7) is 1.62. The fourth-order valence-corrected chi connectivity index (χ4v) is 3.18. The molecule has 1 heterocycles. The van der Waals surface area contributed by atoms with Crippen LogP contribution in [0.4, 0.5) is 5.69 Å². The van der Waals surface area contributed by atoms with E-state index < -0.39 is 0 Å². The molecule has 1 saturated heterocycles. The van der Waals surface area contributed by atoms with Crippen LogP contribution in [0.15, 0.2) is 54.6 Å². The first-order chi connectivity index (χ1) is 12.6. The van der Waals surface area contributed by atoms with Gasteiger partial charge in [0.25, 0.3) is 5.91 Å². The number of amides is 2. The highest BCUT2D eigenvalue weighted by molar-refractivity contribution is 7.80. The number of thiocarbonyl (C=S) groups is 1. The Morgan fingerprint density at radius 1 is 1.00 bits per heavy atom. The molecule has 2 amide bonds. The number of carbonyl (C=O) groups excluding carboxylic acids is 2. The Morgan fingerprint density at radius 3 is 2.46 bits per heavy atom. The minimum Gasteiger partial charge on any atom is -0.339 e. The van der Waals surface area contributed by atoms with E-state index in [0.29, 0.717) is 11.3 Å². The molecule has 134 valence electrons. The lowest BCUT2D eigenvalue weighted by Gasteiger charge is -2.16. The highest BCUT2D eigenvalue weighted by atomic mass is 32.1. The first-order valence-electron chi connectivity index (χ1n) is 8.66. The zero-order valence-corrected chi connectivity index (χ0v) is 15.2. The van der Waals surface area contributed by atoms with Gasteiger partial charge in [-0.3, -0.25) is 9.59 Å². The van der Waals surface area contributed by atoms with Crippen LogP contribution in [0.3, 0.4) is 0 Å². The van der Waals surface area contributed by atoms with Gasteiger partial charge < -0.3 is 15.5 Å². The second-order valence-electron chi connectivity index (χ2n) is 6.24. The first kappa shape index (κ1) is 18.1. The Bertz CT molecular complexity index is 802. The zero-order valence-electron chi connectivity index (χ0n) is 14.4. The SMILES string of the molecule is O=C(Cc1ccccc1)NC(=S)Nc1cccc(C(=O)N2CCCC2)c1. The monoisotopic (exact) mass is 367 g/mol. The molecule has 3 rings (SSSR count). The number of carbonyl (C=O) groups is 2. The third-order valence-electron chi connectivity index (χ3n) is 4.22. The number of rotatable bonds is 4. The maximum atomic E-state index is 12.5. The van der Waals surface area contributed by atoms with Crippen molar-refractivity contribution in [1.29, 1.82) is 0 Å². The van der Waals surface area contributed by atoms with Crippen LogP contribution in [0.5, 0.6) is 0 Å². The molecule has 2 aromatic rings. The van der Waals surface area contributed by atoms with Crippen LogP contribution in [0, 0.1) is 0 Å². The fraction of sp³-hybridized carbons (Fsp3) is 0.250. The van der Waals surface area contributed by atoms with Crippen molar-refractivity contribution in [2.24, 2.45) is 0 Å². The summed E-state index contributed by atoms with van der Waals surface area (Å²) in [4.78, 5) is 26.4. The van der Waals surface area contributed by atoms with Crippen molar-refractivity contribution in [1.82, 2.24) is 10.2 Å². The third-order valence-corrected chi connectivity index (χ3v) is 4.43. The van der Waals surface area contributed by atoms with Gasteiger partial charge in [0.2, 0.25) is 5.91 Å². The van der Waals surface area contributed by atoms with Gasteiger partial charge in [-0.05, 0) is 48.8 Å². The molecule has 2 aromatic carbocycles. The molecule has 0 spiro atoms. The smallest absolute Gasteiger partial charge is 0.253 e. The Morgan fingerprint density at radius 2 is 1.73 bits per heavy atom. The lowest BCUT2D eigenvalue weighted by molar-refractivity contribution is -0.119. The molecule has 6 heteroatoms. The molecule has 0 saturated carbocycles. The van der Waals surface area contributed by atoms with Crippen LogP contribution in [-0.2, 0) is 11.2 Å². The number of nitrogens with one attached hydrogen (secondary N) is 2. The van der Waals surface area contributed by atoms with E-state index in [0.717, 1.165) is 31.5 Å². The topological polar surface area (TPSA) is 61.4 Å². The highest BCUT2D eigenvalue weighted by Crippen LogP contribution is 2.16. The predicted molar refractivity (Wildman–Crippen MR) is 106 cm³/mol. The van der Waals surface area contributed by atoms with E-state index in [9.17, 15) is 9.59 Å². The maximum Gasteiger partial charge on any atom is 0.253 e. The number of nitrogens with zero attached hydrogens (tertiary/aromatic N) is 1. The molecule has 26 heavy (non-hydrogen) atoms. The van der Waals surface area contributed by atoms with Gasteiger partial charge in [-0.2, -0.15) is 0 Å². The van der Waals surface area contributed by atoms with E-state index in [4.69, 9.17) is 12.2 Å². The van der Waals surface area contributed by atoms with Gasteiger partial charge >= 0.3 is 0 Å². The van der Waals surface area contributed by atoms with Gasteiger partial charge in [0.05, 0.1) is 6.42 Å². The molecule has 0 radical (unpaired) electrons. The van der Waals surface area contributed by atoms with Gasteiger partial charge in [0.1, 0.15) is 0 Å². The van der Waals surface area contributed by atoms with E-state index >= 15 is 0 Å². The molecule has 0 aliphatic carbocycles. The average molecular weight is 367 g/mol. The van der Waals surface area contributed by atoms with Crippen LogP contribution >= 0.6 is 12.2 Å². The Labute approximate surface area is 158 Å². The number of hydrogen-bond donors (Lipinski definition) is 2. The molecule has 0 bridgehead atoms. The Hall–Kier alpha value is -2.73. The van der Waals surface area contributed by atoms with Crippen molar-refractivity contribution in [3.63, 3.8) is 0 Å². The standard InChI is InChI=1S/C20H21N3O2S/c24-18(13-15-7-2-1-3-8-15)22-20(26)21-17-10-6-9-16(14-17)19(25)23-11-4-5-12-23/h1-3,6-10,14H,4-5,11-13H2,(H2,21,22,24,26). The number of anilines is 1. The molecular weight excluding hydrogens is 346 g/mol. The molecule has 1 aliphatic heterocycles. The van der Waals surface area contributed by atoms with Gasteiger partial charge in [-0.25, -0.2) is 0 Å². The van der Waals surface area contributed by atoms with Crippen molar-refractivity contribution in [3.8, 4) is 0 Å². The van der Waals surface area contributed by atoms with Crippen LogP contribution in [0.1, 0.15) is 28.8 Å². The zero-order chi connectivity index (χ0) is 18.4. The molecule has 2 N–H and O–H groups in total. The molecule has 1 fully saturated rings. The molecule has 0 atom stereocenters. The van der Waals surface area contributed by atoms with Crippen LogP contribution in [0.2, 0.25) is 0 Å². The van der Waals surface area contributed by atoms with E-state index in [2.05, 4.69) is 10.6 Å². The Balaban J connectivity index is 1.56. The normalized spacial score (nSPS) is 13.3. The number of benzene rings is 2. The maximum absolute atomic E-state index is 12.5. The van der Waals surface area contributed by atoms with Crippen LogP contribution in [-0.4, -0.2) is 34.9 Å². The van der Waals surface area contributed by atoms with Crippen molar-refractivity contribution in [2.75, 3.05) is 18.4 Å². The van der Waals surface area contributed by atoms with Gasteiger partial charge in [0.15, 0.2) is 5.11 Å². The van der Waals surface area contributed by atoms with Gasteiger partial charge in [-0.15, -0.1) is 0 Å². The summed E-state index contributed by atoms with van der Waals surface area (Å²) in [6.07, 6.45) is 2.37. The molecule has 5 nitrogen and oxygen atoms in total. The largest absolute Gasteiger partial charge is 0.339 e. The highest BCUT2D eigenvalue weighted by Gasteiger charge is 2.19. The summed E-state index contributed by atoms with van der Waals surface area (Å²) in [7, 11) is 0. The molecular formula is C20H21N3O2S. The molecule has 0 aromatic heterocycles. The molecule has 1 aliphatic rings. The van der Waals surface area contributed by atoms with E-state index in [-0.39, 0.29) is 23.3 Å². The summed E-state index contributed by atoms with van der Waals surface area (Å²) < 4.78 is 0. The minimum atomic E-state index is -0.182. The summed E-state index contributed by atoms with van der Waals surface area (Å²) in [5.41, 5.74) is 2.22. The fourth-order valence-electron chi connectivity index (χ4n) is 2.95. The van der Waals surface area contributed by atoms with Crippen molar-refractivity contribution >= 4 is 34.8 Å². The number of likely N-dealkylation sites (tertiary alicyclic amines) is 1. The number of hydrogen-bond acceptors (Lipinski definition) is 3. The third kappa shape index (κ3) is 4.89. The average Bonchev–Trinajstić information content (AvgIpc) is 3.16. The molecule has 0 unspecified atom stereocenters. The first-order valence-corrected chi connectivity index (χ1v) is 9.07. The predicted octanol–water partition coefficient (Wildman–Crippen LogP) is 2.98. The lowest BCUT2D eigenvalue weighted by atomic mass is 10.1. The summed E-state index contributed by atoms with van der Waals surface area (Å²) in [5, 5.41) is 5.86. The quantitative estimate of drug-likeness (QED) is 0.816. The summed E-state index contributed by atoms with van der Waals surface area (Å²) >= 11 is 5.21. The van der Waals surface area contributed by atoms with E-state index in [1.54, 1.807) is 18.2 Å². The second-order valence-corrected chi connectivity index (χ2v) is 6.65. The van der Waals surface area contributed by atoms with E-state index in [1.807, 2.05) is 41.3 Å². The Kier molecular flexibility index (Phi) is 5.96. The van der Waals surface area contributed by atoms with Crippen molar-refractivity contribution in [3.05, 3.63) is 65.7 Å². The van der Waals surface area contributed by atoms with Crippen LogP contribution < -0.4 is 10.6 Å². The van der Waals surface area contributed by atoms with Gasteiger partial charge in [0, 0.05) is 24.3 Å². The summed E-state index contributed by atoms with van der Waals surface area (Å²) in [5.74, 6) is -0.150. The minimum absolute atomic E-state index is 0.0326.